The largest absolute Gasteiger partial charge is 0.493 e. The van der Waals surface area contributed by atoms with Crippen LogP contribution in [0, 0.1) is 0 Å². The number of carboxylic acids is 1. The minimum absolute atomic E-state index is 0.118. The number of hydrogen-bond acceptors (Lipinski definition) is 6. The van der Waals surface area contributed by atoms with Gasteiger partial charge in [0, 0.05) is 6.54 Å². The summed E-state index contributed by atoms with van der Waals surface area (Å²) in [4.78, 5) is 24.8. The SMILES string of the molecule is CCN1C(=O)/C(=C/c2ccc(OCC(=O)O)c(OC)c2)SC1=S. The first-order valence-electron chi connectivity index (χ1n) is 6.74. The van der Waals surface area contributed by atoms with Crippen molar-refractivity contribution in [2.24, 2.45) is 0 Å². The van der Waals surface area contributed by atoms with E-state index >= 15 is 0 Å². The Labute approximate surface area is 143 Å². The van der Waals surface area contributed by atoms with E-state index in [1.165, 1.54) is 23.8 Å². The molecule has 0 saturated carbocycles. The van der Waals surface area contributed by atoms with Crippen molar-refractivity contribution in [3.8, 4) is 11.5 Å². The number of ether oxygens (including phenoxy) is 2. The van der Waals surface area contributed by atoms with Crippen molar-refractivity contribution in [1.82, 2.24) is 4.90 Å². The van der Waals surface area contributed by atoms with E-state index in [1.807, 2.05) is 6.92 Å². The fourth-order valence-electron chi connectivity index (χ4n) is 1.96. The van der Waals surface area contributed by atoms with Gasteiger partial charge in [0.2, 0.25) is 0 Å². The van der Waals surface area contributed by atoms with Crippen LogP contribution in [0.1, 0.15) is 12.5 Å². The predicted octanol–water partition coefficient (Wildman–Crippen LogP) is 2.38. The molecule has 122 valence electrons. The molecule has 1 aliphatic rings. The number of likely N-dealkylation sites (N-methyl/N-ethyl adjacent to an activating group) is 1. The summed E-state index contributed by atoms with van der Waals surface area (Å²) in [5.74, 6) is -0.467. The van der Waals surface area contributed by atoms with Crippen LogP contribution in [0.3, 0.4) is 0 Å². The number of benzene rings is 1. The average molecular weight is 353 g/mol. The van der Waals surface area contributed by atoms with Crippen molar-refractivity contribution in [2.45, 2.75) is 6.92 Å². The highest BCUT2D eigenvalue weighted by atomic mass is 32.2. The van der Waals surface area contributed by atoms with E-state index in [2.05, 4.69) is 0 Å². The van der Waals surface area contributed by atoms with Gasteiger partial charge in [-0.1, -0.05) is 30.0 Å². The molecule has 0 atom stereocenters. The van der Waals surface area contributed by atoms with E-state index in [0.29, 0.717) is 27.3 Å². The summed E-state index contributed by atoms with van der Waals surface area (Å²) in [6, 6.07) is 5.00. The molecule has 1 aliphatic heterocycles. The Morgan fingerprint density at radius 3 is 2.74 bits per heavy atom. The molecule has 1 fully saturated rings. The lowest BCUT2D eigenvalue weighted by Crippen LogP contribution is -2.27. The predicted molar refractivity (Wildman–Crippen MR) is 91.7 cm³/mol. The number of carbonyl (C=O) groups is 2. The minimum Gasteiger partial charge on any atom is -0.493 e. The van der Waals surface area contributed by atoms with Gasteiger partial charge in [-0.2, -0.15) is 0 Å². The van der Waals surface area contributed by atoms with Gasteiger partial charge in [0.25, 0.3) is 5.91 Å². The van der Waals surface area contributed by atoms with Crippen molar-refractivity contribution in [1.29, 1.82) is 0 Å². The quantitative estimate of drug-likeness (QED) is 0.621. The maximum absolute atomic E-state index is 12.2. The zero-order valence-corrected chi connectivity index (χ0v) is 14.2. The van der Waals surface area contributed by atoms with Gasteiger partial charge in [-0.3, -0.25) is 9.69 Å². The summed E-state index contributed by atoms with van der Waals surface area (Å²) < 4.78 is 10.9. The standard InChI is InChI=1S/C15H15NO5S2/c1-3-16-14(19)12(23-15(16)22)7-9-4-5-10(11(6-9)20-2)21-8-13(17)18/h4-7H,3,8H2,1-2H3,(H,17,18)/b12-7-. The number of carboxylic acid groups (broad SMARTS) is 1. The lowest BCUT2D eigenvalue weighted by Gasteiger charge is -2.10. The van der Waals surface area contributed by atoms with Crippen LogP contribution in [0.5, 0.6) is 11.5 Å². The Bertz CT molecular complexity index is 686. The number of amides is 1. The number of methoxy groups -OCH3 is 1. The topological polar surface area (TPSA) is 76.1 Å². The molecule has 0 bridgehead atoms. The van der Waals surface area contributed by atoms with Crippen LogP contribution in [0.25, 0.3) is 6.08 Å². The van der Waals surface area contributed by atoms with E-state index in [4.69, 9.17) is 26.8 Å². The summed E-state index contributed by atoms with van der Waals surface area (Å²) in [7, 11) is 1.46. The molecule has 1 amide bonds. The van der Waals surface area contributed by atoms with Gasteiger partial charge in [0.15, 0.2) is 18.1 Å². The van der Waals surface area contributed by atoms with E-state index in [0.717, 1.165) is 5.56 Å². The third kappa shape index (κ3) is 4.02. The lowest BCUT2D eigenvalue weighted by atomic mass is 10.2. The van der Waals surface area contributed by atoms with Crippen molar-refractivity contribution < 1.29 is 24.2 Å². The number of thioether (sulfide) groups is 1. The van der Waals surface area contributed by atoms with E-state index in [1.54, 1.807) is 24.3 Å². The molecule has 0 aliphatic carbocycles. The molecule has 0 aromatic heterocycles. The number of aliphatic carboxylic acids is 1. The second kappa shape index (κ2) is 7.47. The Balaban J connectivity index is 2.24. The van der Waals surface area contributed by atoms with Gasteiger partial charge in [-0.15, -0.1) is 0 Å². The van der Waals surface area contributed by atoms with Crippen molar-refractivity contribution in [3.63, 3.8) is 0 Å². The molecular formula is C15H15NO5S2. The molecular weight excluding hydrogens is 338 g/mol. The zero-order chi connectivity index (χ0) is 17.0. The Morgan fingerprint density at radius 2 is 2.17 bits per heavy atom. The smallest absolute Gasteiger partial charge is 0.341 e. The number of carbonyl (C=O) groups excluding carboxylic acids is 1. The van der Waals surface area contributed by atoms with Crippen LogP contribution >= 0.6 is 24.0 Å². The van der Waals surface area contributed by atoms with Crippen LogP contribution < -0.4 is 9.47 Å². The van der Waals surface area contributed by atoms with Gasteiger partial charge in [0.1, 0.15) is 4.32 Å². The maximum atomic E-state index is 12.2. The first-order valence-corrected chi connectivity index (χ1v) is 7.96. The average Bonchev–Trinajstić information content (AvgIpc) is 2.79. The van der Waals surface area contributed by atoms with Crippen molar-refractivity contribution in [2.75, 3.05) is 20.3 Å². The fourth-order valence-corrected chi connectivity index (χ4v) is 3.34. The molecule has 0 spiro atoms. The molecule has 0 radical (unpaired) electrons. The summed E-state index contributed by atoms with van der Waals surface area (Å²) >= 11 is 6.42. The van der Waals surface area contributed by atoms with E-state index in [9.17, 15) is 9.59 Å². The molecule has 6 nitrogen and oxygen atoms in total. The van der Waals surface area contributed by atoms with Crippen LogP contribution in [0.2, 0.25) is 0 Å². The number of nitrogens with zero attached hydrogens (tertiary/aromatic N) is 1. The van der Waals surface area contributed by atoms with Crippen LogP contribution in [0.4, 0.5) is 0 Å². The van der Waals surface area contributed by atoms with Crippen LogP contribution in [-0.4, -0.2) is 46.5 Å². The Morgan fingerprint density at radius 1 is 1.43 bits per heavy atom. The van der Waals surface area contributed by atoms with E-state index in [-0.39, 0.29) is 5.91 Å². The molecule has 23 heavy (non-hydrogen) atoms. The summed E-state index contributed by atoms with van der Waals surface area (Å²) in [5.41, 5.74) is 0.737. The van der Waals surface area contributed by atoms with Crippen molar-refractivity contribution >= 4 is 46.3 Å². The highest BCUT2D eigenvalue weighted by molar-refractivity contribution is 8.26. The first kappa shape index (κ1) is 17.3. The molecule has 1 N–H and O–H groups in total. The zero-order valence-electron chi connectivity index (χ0n) is 12.6. The number of hydrogen-bond donors (Lipinski definition) is 1. The van der Waals surface area contributed by atoms with Crippen molar-refractivity contribution in [3.05, 3.63) is 28.7 Å². The van der Waals surface area contributed by atoms with E-state index < -0.39 is 12.6 Å². The van der Waals surface area contributed by atoms with Crippen LogP contribution in [-0.2, 0) is 9.59 Å². The van der Waals surface area contributed by atoms with Gasteiger partial charge in [-0.05, 0) is 30.7 Å². The van der Waals surface area contributed by atoms with Crippen LogP contribution in [0.15, 0.2) is 23.1 Å². The molecule has 1 saturated heterocycles. The first-order chi connectivity index (χ1) is 11.0. The Kier molecular flexibility index (Phi) is 5.62. The van der Waals surface area contributed by atoms with Gasteiger partial charge >= 0.3 is 5.97 Å². The molecule has 2 rings (SSSR count). The third-order valence-corrected chi connectivity index (χ3v) is 4.40. The highest BCUT2D eigenvalue weighted by Gasteiger charge is 2.30. The summed E-state index contributed by atoms with van der Waals surface area (Å²) in [6.07, 6.45) is 1.72. The molecule has 0 unspecified atom stereocenters. The van der Waals surface area contributed by atoms with Gasteiger partial charge < -0.3 is 14.6 Å². The third-order valence-electron chi connectivity index (χ3n) is 3.03. The maximum Gasteiger partial charge on any atom is 0.341 e. The number of thiocarbonyl (C=S) groups is 1. The highest BCUT2D eigenvalue weighted by Crippen LogP contribution is 2.34. The summed E-state index contributed by atoms with van der Waals surface area (Å²) in [6.45, 7) is 1.95. The minimum atomic E-state index is -1.07. The molecule has 1 heterocycles. The van der Waals surface area contributed by atoms with Gasteiger partial charge in [-0.25, -0.2) is 4.79 Å². The molecule has 1 aromatic rings. The normalized spacial score (nSPS) is 16.1. The second-order valence-electron chi connectivity index (χ2n) is 4.52. The monoisotopic (exact) mass is 353 g/mol. The lowest BCUT2D eigenvalue weighted by molar-refractivity contribution is -0.139. The van der Waals surface area contributed by atoms with Gasteiger partial charge in [0.05, 0.1) is 12.0 Å². The molecule has 8 heteroatoms. The fraction of sp³-hybridized carbons (Fsp3) is 0.267. The summed E-state index contributed by atoms with van der Waals surface area (Å²) in [5, 5.41) is 8.65. The Hall–Kier alpha value is -2.06. The molecule has 1 aromatic carbocycles. The number of rotatable bonds is 6. The second-order valence-corrected chi connectivity index (χ2v) is 6.19.